The molecule has 0 amide bonds. The molecule has 10 nitrogen and oxygen atoms in total. The Bertz CT molecular complexity index is 1110. The van der Waals surface area contributed by atoms with Gasteiger partial charge in [-0.15, -0.1) is 9.35 Å². The van der Waals surface area contributed by atoms with Crippen molar-refractivity contribution in [2.75, 3.05) is 0 Å². The molecule has 2 N–H and O–H groups in total. The number of H-pyrrole nitrogens is 2. The molecule has 0 aliphatic heterocycles. The molecule has 0 unspecified atom stereocenters. The van der Waals surface area contributed by atoms with E-state index in [0.29, 0.717) is 14.9 Å². The van der Waals surface area contributed by atoms with Gasteiger partial charge in [-0.1, -0.05) is 30.3 Å². The fourth-order valence-electron chi connectivity index (χ4n) is 1.95. The van der Waals surface area contributed by atoms with E-state index in [-0.39, 0.29) is 5.56 Å². The van der Waals surface area contributed by atoms with Crippen LogP contribution in [-0.4, -0.2) is 19.3 Å². The van der Waals surface area contributed by atoms with Crippen molar-refractivity contribution in [3.05, 3.63) is 90.5 Å². The molecule has 0 saturated heterocycles. The van der Waals surface area contributed by atoms with Crippen molar-refractivity contribution in [2.24, 2.45) is 10.4 Å². The largest absolute Gasteiger partial charge is 0.350 e. The van der Waals surface area contributed by atoms with Crippen LogP contribution in [0.5, 0.6) is 0 Å². The van der Waals surface area contributed by atoms with E-state index in [4.69, 9.17) is 0 Å². The number of aromatic nitrogens is 4. The Morgan fingerprint density at radius 2 is 1.46 bits per heavy atom. The van der Waals surface area contributed by atoms with Gasteiger partial charge >= 0.3 is 11.4 Å². The first-order valence-corrected chi connectivity index (χ1v) is 6.71. The number of nitrogens with one attached hydrogen (secondary N) is 2. The maximum Gasteiger partial charge on any atom is 0.350 e. The SMILES string of the molecule is O=c1cc[nH]c(=O)n1N=Nn1c(=O)[nH]cc(-c2ccccc2)c1=O. The number of aromatic amines is 2. The number of hydrogen-bond donors (Lipinski definition) is 2. The summed E-state index contributed by atoms with van der Waals surface area (Å²) in [4.78, 5) is 51.8. The molecule has 0 aliphatic carbocycles. The Labute approximate surface area is 132 Å². The fourth-order valence-corrected chi connectivity index (χ4v) is 1.95. The number of rotatable bonds is 3. The molecule has 0 fully saturated rings. The molecular weight excluding hydrogens is 316 g/mol. The second kappa shape index (κ2) is 6.12. The Morgan fingerprint density at radius 3 is 2.17 bits per heavy atom. The summed E-state index contributed by atoms with van der Waals surface area (Å²) in [5.74, 6) is 0. The van der Waals surface area contributed by atoms with Gasteiger partial charge in [0, 0.05) is 18.5 Å². The monoisotopic (exact) mass is 326 g/mol. The van der Waals surface area contributed by atoms with Crippen LogP contribution in [0.25, 0.3) is 11.1 Å². The van der Waals surface area contributed by atoms with Crippen LogP contribution in [-0.2, 0) is 0 Å². The van der Waals surface area contributed by atoms with Crippen LogP contribution in [0.1, 0.15) is 0 Å². The van der Waals surface area contributed by atoms with Crippen molar-refractivity contribution in [2.45, 2.75) is 0 Å². The quantitative estimate of drug-likeness (QED) is 0.641. The smallest absolute Gasteiger partial charge is 0.312 e. The molecule has 0 radical (unpaired) electrons. The zero-order valence-electron chi connectivity index (χ0n) is 12.0. The number of hydrogen-bond acceptors (Lipinski definition) is 6. The molecule has 2 heterocycles. The third-order valence-electron chi connectivity index (χ3n) is 3.09. The summed E-state index contributed by atoms with van der Waals surface area (Å²) in [5.41, 5.74) is -2.46. The lowest BCUT2D eigenvalue weighted by molar-refractivity contribution is 0.605. The van der Waals surface area contributed by atoms with Crippen molar-refractivity contribution in [1.29, 1.82) is 0 Å². The molecule has 10 heteroatoms. The Hall–Kier alpha value is -3.82. The van der Waals surface area contributed by atoms with Crippen LogP contribution in [0.15, 0.2) is 78.4 Å². The summed E-state index contributed by atoms with van der Waals surface area (Å²) in [5, 5.41) is 6.77. The van der Waals surface area contributed by atoms with Crippen LogP contribution < -0.4 is 22.5 Å². The molecule has 1 aromatic carbocycles. The van der Waals surface area contributed by atoms with Gasteiger partial charge in [-0.2, -0.15) is 0 Å². The van der Waals surface area contributed by atoms with Crippen molar-refractivity contribution < 1.29 is 0 Å². The van der Waals surface area contributed by atoms with Gasteiger partial charge in [0.1, 0.15) is 0 Å². The highest BCUT2D eigenvalue weighted by atomic mass is 16.2. The van der Waals surface area contributed by atoms with E-state index in [2.05, 4.69) is 20.4 Å². The lowest BCUT2D eigenvalue weighted by atomic mass is 10.1. The first-order chi connectivity index (χ1) is 11.6. The summed E-state index contributed by atoms with van der Waals surface area (Å²) in [6, 6.07) is 9.66. The van der Waals surface area contributed by atoms with Gasteiger partial charge < -0.3 is 9.97 Å². The summed E-state index contributed by atoms with van der Waals surface area (Å²) < 4.78 is 0.822. The zero-order chi connectivity index (χ0) is 17.1. The molecule has 24 heavy (non-hydrogen) atoms. The van der Waals surface area contributed by atoms with E-state index < -0.39 is 22.5 Å². The van der Waals surface area contributed by atoms with E-state index in [1.54, 1.807) is 30.3 Å². The van der Waals surface area contributed by atoms with Crippen LogP contribution in [0.4, 0.5) is 0 Å². The van der Waals surface area contributed by atoms with Crippen molar-refractivity contribution in [3.63, 3.8) is 0 Å². The summed E-state index contributed by atoms with van der Waals surface area (Å²) in [6.45, 7) is 0. The Morgan fingerprint density at radius 1 is 0.792 bits per heavy atom. The van der Waals surface area contributed by atoms with Crippen molar-refractivity contribution >= 4 is 0 Å². The third kappa shape index (κ3) is 2.75. The summed E-state index contributed by atoms with van der Waals surface area (Å²) >= 11 is 0. The predicted molar refractivity (Wildman–Crippen MR) is 83.7 cm³/mol. The minimum absolute atomic E-state index is 0.184. The third-order valence-corrected chi connectivity index (χ3v) is 3.09. The molecule has 0 spiro atoms. The molecule has 0 aliphatic rings. The lowest BCUT2D eigenvalue weighted by Crippen LogP contribution is -2.34. The van der Waals surface area contributed by atoms with E-state index in [9.17, 15) is 19.2 Å². The molecule has 3 aromatic rings. The van der Waals surface area contributed by atoms with Gasteiger partial charge in [-0.05, 0) is 16.0 Å². The van der Waals surface area contributed by atoms with E-state index in [1.807, 2.05) is 0 Å². The topological polar surface area (TPSA) is 134 Å². The van der Waals surface area contributed by atoms with Crippen molar-refractivity contribution in [3.8, 4) is 11.1 Å². The second-order valence-electron chi connectivity index (χ2n) is 4.60. The summed E-state index contributed by atoms with van der Waals surface area (Å²) in [6.07, 6.45) is 2.40. The zero-order valence-corrected chi connectivity index (χ0v) is 12.0. The molecule has 0 saturated carbocycles. The number of nitrogens with zero attached hydrogens (tertiary/aromatic N) is 4. The molecule has 2 aromatic heterocycles. The maximum absolute atomic E-state index is 12.4. The van der Waals surface area contributed by atoms with Gasteiger partial charge in [0.05, 0.1) is 5.56 Å². The molecule has 0 bridgehead atoms. The van der Waals surface area contributed by atoms with Gasteiger partial charge in [-0.3, -0.25) is 9.59 Å². The van der Waals surface area contributed by atoms with E-state index in [1.165, 1.54) is 6.20 Å². The fraction of sp³-hybridized carbons (Fsp3) is 0. The number of benzene rings is 1. The van der Waals surface area contributed by atoms with Gasteiger partial charge in [0.25, 0.3) is 11.1 Å². The molecule has 0 atom stereocenters. The highest BCUT2D eigenvalue weighted by molar-refractivity contribution is 5.60. The molecule has 3 rings (SSSR count). The van der Waals surface area contributed by atoms with Crippen LogP contribution in [0.2, 0.25) is 0 Å². The minimum atomic E-state index is -0.858. The lowest BCUT2D eigenvalue weighted by Gasteiger charge is -2.02. The first kappa shape index (κ1) is 15.1. The standard InChI is InChI=1S/C14H10N6O4/c21-11-6-7-15-13(23)19(11)17-18-20-12(22)10(8-16-14(20)24)9-4-2-1-3-5-9/h1-8H,(H,15,23)(H,16,24). The minimum Gasteiger partial charge on any atom is -0.312 e. The highest BCUT2D eigenvalue weighted by Crippen LogP contribution is 2.12. The van der Waals surface area contributed by atoms with E-state index in [0.717, 1.165) is 12.3 Å². The van der Waals surface area contributed by atoms with Gasteiger partial charge in [0.2, 0.25) is 0 Å². The van der Waals surface area contributed by atoms with E-state index >= 15 is 0 Å². The second-order valence-corrected chi connectivity index (χ2v) is 4.60. The summed E-state index contributed by atoms with van der Waals surface area (Å²) in [7, 11) is 0. The van der Waals surface area contributed by atoms with Crippen LogP contribution >= 0.6 is 0 Å². The molecular formula is C14H10N6O4. The maximum atomic E-state index is 12.4. The normalized spacial score (nSPS) is 11.0. The predicted octanol–water partition coefficient (Wildman–Crippen LogP) is -0.268. The van der Waals surface area contributed by atoms with Gasteiger partial charge in [-0.25, -0.2) is 9.59 Å². The molecule has 120 valence electrons. The Kier molecular flexibility index (Phi) is 3.85. The van der Waals surface area contributed by atoms with Crippen LogP contribution in [0.3, 0.4) is 0 Å². The first-order valence-electron chi connectivity index (χ1n) is 6.71. The average molecular weight is 326 g/mol. The van der Waals surface area contributed by atoms with Crippen LogP contribution in [0, 0.1) is 0 Å². The van der Waals surface area contributed by atoms with Crippen molar-refractivity contribution in [1.82, 2.24) is 19.3 Å². The highest BCUT2D eigenvalue weighted by Gasteiger charge is 2.09. The van der Waals surface area contributed by atoms with Gasteiger partial charge in [0.15, 0.2) is 0 Å². The Balaban J connectivity index is 2.14. The average Bonchev–Trinajstić information content (AvgIpc) is 2.58.